The maximum atomic E-state index is 11.8. The van der Waals surface area contributed by atoms with Gasteiger partial charge in [0.25, 0.3) is 0 Å². The van der Waals surface area contributed by atoms with Gasteiger partial charge in [0.1, 0.15) is 0 Å². The van der Waals surface area contributed by atoms with Gasteiger partial charge in [0.15, 0.2) is 0 Å². The summed E-state index contributed by atoms with van der Waals surface area (Å²) >= 11 is 0. The van der Waals surface area contributed by atoms with Crippen LogP contribution in [0.4, 0.5) is 0 Å². The fraction of sp³-hybridized carbons (Fsp3) is 0.933. The first-order chi connectivity index (χ1) is 33.3. The van der Waals surface area contributed by atoms with E-state index < -0.39 is 11.9 Å². The van der Waals surface area contributed by atoms with Crippen molar-refractivity contribution in [2.24, 2.45) is 0 Å². The molecule has 8 nitrogen and oxygen atoms in total. The first-order valence-corrected chi connectivity index (χ1v) is 30.0. The zero-order valence-electron chi connectivity index (χ0n) is 46.2. The molecule has 0 amide bonds. The summed E-state index contributed by atoms with van der Waals surface area (Å²) < 4.78 is 10.8. The molecule has 0 N–H and O–H groups in total. The van der Waals surface area contributed by atoms with E-state index in [4.69, 9.17) is 9.47 Å². The number of carbonyl (C=O) groups is 4. The Morgan fingerprint density at radius 1 is 0.246 bits per heavy atom. The second-order valence-electron chi connectivity index (χ2n) is 20.4. The van der Waals surface area contributed by atoms with Crippen LogP contribution in [0.25, 0.3) is 0 Å². The van der Waals surface area contributed by atoms with Crippen molar-refractivity contribution >= 4 is 23.9 Å². The summed E-state index contributed by atoms with van der Waals surface area (Å²) in [6.45, 7) is 5.72. The maximum absolute atomic E-state index is 11.8. The van der Waals surface area contributed by atoms with E-state index in [-0.39, 0.29) is 44.3 Å². The normalized spacial score (nSPS) is 10.9. The van der Waals surface area contributed by atoms with Crippen molar-refractivity contribution in [3.8, 4) is 0 Å². The Bertz CT molecular complexity index is 959. The third kappa shape index (κ3) is 70.8. The molecule has 0 aromatic rings. The summed E-state index contributed by atoms with van der Waals surface area (Å²) in [5.41, 5.74) is 0. The van der Waals surface area contributed by atoms with E-state index >= 15 is 0 Å². The van der Waals surface area contributed by atoms with Gasteiger partial charge in [-0.3, -0.25) is 9.59 Å². The van der Waals surface area contributed by atoms with E-state index in [0.717, 1.165) is 77.0 Å². The molecule has 0 saturated carbocycles. The molecular weight excluding hydrogens is 914 g/mol. The van der Waals surface area contributed by atoms with Crippen molar-refractivity contribution < 1.29 is 58.3 Å². The average molecular weight is 1030 g/mol. The second kappa shape index (κ2) is 64.5. The molecular formula is C60H114O8Zn. The molecule has 0 atom stereocenters. The number of carboxylic acids is 2. The molecule has 0 aromatic carbocycles. The van der Waals surface area contributed by atoms with E-state index in [0.29, 0.717) is 26.1 Å². The molecule has 0 unspecified atom stereocenters. The Labute approximate surface area is 441 Å². The third-order valence-corrected chi connectivity index (χ3v) is 13.5. The van der Waals surface area contributed by atoms with Gasteiger partial charge < -0.3 is 29.3 Å². The van der Waals surface area contributed by atoms with Gasteiger partial charge in [-0.25, -0.2) is 0 Å². The largest absolute Gasteiger partial charge is 2.00 e. The van der Waals surface area contributed by atoms with Gasteiger partial charge in [-0.2, -0.15) is 0 Å². The number of carboxylic acid groups (broad SMARTS) is 2. The second-order valence-corrected chi connectivity index (χ2v) is 20.4. The van der Waals surface area contributed by atoms with Crippen LogP contribution in [0.1, 0.15) is 348 Å². The molecule has 0 aliphatic rings. The molecule has 0 bridgehead atoms. The molecule has 9 heteroatoms. The minimum atomic E-state index is -0.916. The van der Waals surface area contributed by atoms with Crippen molar-refractivity contribution in [3.05, 3.63) is 0 Å². The zero-order valence-corrected chi connectivity index (χ0v) is 49.1. The van der Waals surface area contributed by atoms with Gasteiger partial charge in [-0.15, -0.1) is 0 Å². The predicted molar refractivity (Wildman–Crippen MR) is 283 cm³/mol. The van der Waals surface area contributed by atoms with E-state index in [1.807, 2.05) is 0 Å². The number of carbonyl (C=O) groups excluding carboxylic acids is 4. The standard InChI is InChI=1S/2C30H58O4.Zn/c2*1-2-3-4-5-6-14-18-21-24-27-30(33)34-28-25-22-19-16-13-11-9-7-8-10-12-15-17-20-23-26-29(31)32;/h2*2-28H2,1H3,(H,31,32);/q;;+2/p-2. The first-order valence-electron chi connectivity index (χ1n) is 30.0. The van der Waals surface area contributed by atoms with Crippen LogP contribution >= 0.6 is 0 Å². The minimum absolute atomic E-state index is 0. The summed E-state index contributed by atoms with van der Waals surface area (Å²) in [4.78, 5) is 44.2. The van der Waals surface area contributed by atoms with Crippen LogP contribution in [0.15, 0.2) is 0 Å². The minimum Gasteiger partial charge on any atom is -0.550 e. The number of esters is 2. The van der Waals surface area contributed by atoms with Gasteiger partial charge >= 0.3 is 31.4 Å². The number of ether oxygens (including phenoxy) is 2. The molecule has 0 aliphatic heterocycles. The smallest absolute Gasteiger partial charge is 0.550 e. The molecule has 0 spiro atoms. The van der Waals surface area contributed by atoms with Crippen LogP contribution in [0.5, 0.6) is 0 Å². The third-order valence-electron chi connectivity index (χ3n) is 13.5. The Balaban J connectivity index is -0.00000124. The summed E-state index contributed by atoms with van der Waals surface area (Å²) in [5.74, 6) is -1.84. The summed E-state index contributed by atoms with van der Waals surface area (Å²) in [5, 5.41) is 20.7. The van der Waals surface area contributed by atoms with Crippen molar-refractivity contribution in [2.45, 2.75) is 348 Å². The van der Waals surface area contributed by atoms with Crippen LogP contribution in [-0.2, 0) is 48.1 Å². The predicted octanol–water partition coefficient (Wildman–Crippen LogP) is 16.9. The van der Waals surface area contributed by atoms with Crippen molar-refractivity contribution in [3.63, 3.8) is 0 Å². The van der Waals surface area contributed by atoms with Gasteiger partial charge in [-0.05, 0) is 51.4 Å². The van der Waals surface area contributed by atoms with Gasteiger partial charge in [0.05, 0.1) is 13.2 Å². The topological polar surface area (TPSA) is 133 Å². The van der Waals surface area contributed by atoms with Crippen LogP contribution in [0.2, 0.25) is 0 Å². The Morgan fingerprint density at radius 2 is 0.406 bits per heavy atom. The van der Waals surface area contributed by atoms with E-state index in [1.54, 1.807) is 0 Å². The fourth-order valence-corrected chi connectivity index (χ4v) is 9.02. The summed E-state index contributed by atoms with van der Waals surface area (Å²) in [6, 6.07) is 0. The van der Waals surface area contributed by atoms with Crippen LogP contribution in [0, 0.1) is 0 Å². The molecule has 0 saturated heterocycles. The van der Waals surface area contributed by atoms with Crippen LogP contribution < -0.4 is 10.2 Å². The van der Waals surface area contributed by atoms with Crippen LogP contribution in [0.3, 0.4) is 0 Å². The number of unbranched alkanes of at least 4 members (excludes halogenated alkanes) is 44. The first kappa shape index (κ1) is 71.8. The van der Waals surface area contributed by atoms with Gasteiger partial charge in [-0.1, -0.05) is 284 Å². The van der Waals surface area contributed by atoms with Gasteiger partial charge in [0, 0.05) is 24.8 Å². The Morgan fingerprint density at radius 3 is 0.594 bits per heavy atom. The van der Waals surface area contributed by atoms with Gasteiger partial charge in [0.2, 0.25) is 0 Å². The quantitative estimate of drug-likeness (QED) is 0.0334. The molecule has 0 aromatic heterocycles. The molecule has 0 radical (unpaired) electrons. The van der Waals surface area contributed by atoms with E-state index in [9.17, 15) is 29.4 Å². The zero-order chi connectivity index (χ0) is 49.9. The SMILES string of the molecule is CCCCCCCCCCCC(=O)OCCCCCCCCCCCCCCCCCC(=O)[O-].CCCCCCCCCCCC(=O)OCCCCCCCCCCCCCCCCCC(=O)[O-].[Zn+2]. The monoisotopic (exact) mass is 1030 g/mol. The van der Waals surface area contributed by atoms with Crippen molar-refractivity contribution in [2.75, 3.05) is 13.2 Å². The number of hydrogen-bond donors (Lipinski definition) is 0. The van der Waals surface area contributed by atoms with E-state index in [2.05, 4.69) is 13.8 Å². The summed E-state index contributed by atoms with van der Waals surface area (Å²) in [7, 11) is 0. The molecule has 0 heterocycles. The number of hydrogen-bond acceptors (Lipinski definition) is 8. The number of aliphatic carboxylic acids is 2. The maximum Gasteiger partial charge on any atom is 2.00 e. The number of rotatable bonds is 56. The van der Waals surface area contributed by atoms with Crippen LogP contribution in [-0.4, -0.2) is 37.1 Å². The Hall–Kier alpha value is -1.50. The van der Waals surface area contributed by atoms with E-state index in [1.165, 1.54) is 231 Å². The molecule has 0 aliphatic carbocycles. The average Bonchev–Trinajstić information content (AvgIpc) is 3.32. The molecule has 69 heavy (non-hydrogen) atoms. The van der Waals surface area contributed by atoms with Crippen molar-refractivity contribution in [1.82, 2.24) is 0 Å². The van der Waals surface area contributed by atoms with Crippen molar-refractivity contribution in [1.29, 1.82) is 0 Å². The fourth-order valence-electron chi connectivity index (χ4n) is 9.02. The molecule has 0 rings (SSSR count). The Kier molecular flexibility index (Phi) is 67.1. The summed E-state index contributed by atoms with van der Waals surface area (Å²) in [6.07, 6.45) is 61.1. The molecule has 0 fully saturated rings. The molecule has 404 valence electrons.